The number of carbonyl (C=O) groups excluding carboxylic acids is 1. The Kier molecular flexibility index (Phi) is 5.59. The third-order valence-electron chi connectivity index (χ3n) is 3.68. The van der Waals surface area contributed by atoms with Crippen molar-refractivity contribution in [3.05, 3.63) is 0 Å². The van der Waals surface area contributed by atoms with Crippen LogP contribution in [-0.2, 0) is 9.59 Å². The molecule has 0 aliphatic heterocycles. The van der Waals surface area contributed by atoms with Crippen molar-refractivity contribution < 1.29 is 14.7 Å². The van der Waals surface area contributed by atoms with Gasteiger partial charge in [-0.15, -0.1) is 0 Å². The van der Waals surface area contributed by atoms with E-state index in [0.29, 0.717) is 25.7 Å². The standard InChI is InChI=1S/C13H24N2O3/c1-14(2)8-9-15(3)12(16)10-4-6-11(7-5-10)13(17)18/h10-11H,4-9H2,1-3H3,(H,17,18)/t10-,11-. The zero-order valence-electron chi connectivity index (χ0n) is 11.6. The number of amides is 1. The van der Waals surface area contributed by atoms with Crippen LogP contribution in [0.3, 0.4) is 0 Å². The minimum atomic E-state index is -0.720. The molecule has 0 heterocycles. The Morgan fingerprint density at radius 2 is 1.50 bits per heavy atom. The van der Waals surface area contributed by atoms with Gasteiger partial charge in [0, 0.05) is 26.1 Å². The molecule has 0 spiro atoms. The van der Waals surface area contributed by atoms with Crippen molar-refractivity contribution in [3.63, 3.8) is 0 Å². The first-order chi connectivity index (χ1) is 8.41. The molecule has 1 rings (SSSR count). The van der Waals surface area contributed by atoms with Gasteiger partial charge in [0.25, 0.3) is 0 Å². The van der Waals surface area contributed by atoms with E-state index in [1.807, 2.05) is 26.0 Å². The van der Waals surface area contributed by atoms with Gasteiger partial charge in [0.1, 0.15) is 0 Å². The molecule has 0 saturated heterocycles. The Morgan fingerprint density at radius 1 is 1.00 bits per heavy atom. The van der Waals surface area contributed by atoms with E-state index in [1.165, 1.54) is 0 Å². The van der Waals surface area contributed by atoms with Gasteiger partial charge in [-0.25, -0.2) is 0 Å². The van der Waals surface area contributed by atoms with Crippen molar-refractivity contribution in [1.82, 2.24) is 9.80 Å². The first-order valence-electron chi connectivity index (χ1n) is 6.54. The molecule has 104 valence electrons. The Morgan fingerprint density at radius 3 is 1.94 bits per heavy atom. The maximum Gasteiger partial charge on any atom is 0.306 e. The molecule has 1 amide bonds. The van der Waals surface area contributed by atoms with Gasteiger partial charge in [-0.3, -0.25) is 9.59 Å². The summed E-state index contributed by atoms with van der Waals surface area (Å²) in [6.45, 7) is 1.58. The van der Waals surface area contributed by atoms with Gasteiger partial charge in [-0.1, -0.05) is 0 Å². The molecule has 1 N–H and O–H groups in total. The fourth-order valence-electron chi connectivity index (χ4n) is 2.36. The van der Waals surface area contributed by atoms with Gasteiger partial charge in [-0.05, 0) is 39.8 Å². The smallest absolute Gasteiger partial charge is 0.306 e. The number of hydrogen-bond donors (Lipinski definition) is 1. The Hall–Kier alpha value is -1.10. The molecular formula is C13H24N2O3. The molecule has 1 fully saturated rings. The third-order valence-corrected chi connectivity index (χ3v) is 3.68. The molecule has 0 bridgehead atoms. The second-order valence-corrected chi connectivity index (χ2v) is 5.45. The van der Waals surface area contributed by atoms with E-state index < -0.39 is 5.97 Å². The number of carboxylic acids is 1. The number of likely N-dealkylation sites (N-methyl/N-ethyl adjacent to an activating group) is 2. The predicted octanol–water partition coefficient (Wildman–Crippen LogP) is 0.897. The lowest BCUT2D eigenvalue weighted by atomic mass is 9.81. The number of aliphatic carboxylic acids is 1. The molecule has 5 nitrogen and oxygen atoms in total. The summed E-state index contributed by atoms with van der Waals surface area (Å²) in [7, 11) is 5.79. The second kappa shape index (κ2) is 6.73. The van der Waals surface area contributed by atoms with Crippen molar-refractivity contribution in [3.8, 4) is 0 Å². The zero-order chi connectivity index (χ0) is 13.7. The number of nitrogens with zero attached hydrogens (tertiary/aromatic N) is 2. The summed E-state index contributed by atoms with van der Waals surface area (Å²) in [4.78, 5) is 26.8. The van der Waals surface area contributed by atoms with Crippen LogP contribution in [0.5, 0.6) is 0 Å². The van der Waals surface area contributed by atoms with Gasteiger partial charge in [0.2, 0.25) is 5.91 Å². The fraction of sp³-hybridized carbons (Fsp3) is 0.846. The van der Waals surface area contributed by atoms with E-state index in [-0.39, 0.29) is 17.7 Å². The average molecular weight is 256 g/mol. The van der Waals surface area contributed by atoms with Crippen LogP contribution in [-0.4, -0.2) is 61.0 Å². The third kappa shape index (κ3) is 4.29. The normalized spacial score (nSPS) is 24.0. The zero-order valence-corrected chi connectivity index (χ0v) is 11.6. The van der Waals surface area contributed by atoms with Crippen LogP contribution in [0.15, 0.2) is 0 Å². The number of carbonyl (C=O) groups is 2. The highest BCUT2D eigenvalue weighted by Crippen LogP contribution is 2.29. The molecule has 0 atom stereocenters. The summed E-state index contributed by atoms with van der Waals surface area (Å²) < 4.78 is 0. The SMILES string of the molecule is CN(C)CCN(C)C(=O)[C@H]1CC[C@H](C(=O)O)CC1. The minimum absolute atomic E-state index is 0.0211. The van der Waals surface area contributed by atoms with E-state index in [0.717, 1.165) is 13.1 Å². The van der Waals surface area contributed by atoms with E-state index in [1.54, 1.807) is 4.90 Å². The van der Waals surface area contributed by atoms with E-state index in [4.69, 9.17) is 5.11 Å². The molecule has 1 saturated carbocycles. The summed E-state index contributed by atoms with van der Waals surface area (Å²) in [5.74, 6) is -0.781. The van der Waals surface area contributed by atoms with Crippen LogP contribution in [0.25, 0.3) is 0 Å². The van der Waals surface area contributed by atoms with Crippen LogP contribution >= 0.6 is 0 Å². The van der Waals surface area contributed by atoms with E-state index in [9.17, 15) is 9.59 Å². The van der Waals surface area contributed by atoms with Crippen molar-refractivity contribution in [2.24, 2.45) is 11.8 Å². The maximum atomic E-state index is 12.1. The molecule has 0 aromatic rings. The number of hydrogen-bond acceptors (Lipinski definition) is 3. The highest BCUT2D eigenvalue weighted by molar-refractivity contribution is 5.79. The fourth-order valence-corrected chi connectivity index (χ4v) is 2.36. The van der Waals surface area contributed by atoms with E-state index >= 15 is 0 Å². The molecular weight excluding hydrogens is 232 g/mol. The van der Waals surface area contributed by atoms with Crippen molar-refractivity contribution in [2.45, 2.75) is 25.7 Å². The minimum Gasteiger partial charge on any atom is -0.481 e. The summed E-state index contributed by atoms with van der Waals surface area (Å²) in [6, 6.07) is 0. The quantitative estimate of drug-likeness (QED) is 0.794. The molecule has 0 aromatic carbocycles. The van der Waals surface area contributed by atoms with Crippen molar-refractivity contribution in [2.75, 3.05) is 34.2 Å². The van der Waals surface area contributed by atoms with Gasteiger partial charge < -0.3 is 14.9 Å². The van der Waals surface area contributed by atoms with Crippen LogP contribution in [0.1, 0.15) is 25.7 Å². The second-order valence-electron chi connectivity index (χ2n) is 5.45. The van der Waals surface area contributed by atoms with Crippen molar-refractivity contribution >= 4 is 11.9 Å². The van der Waals surface area contributed by atoms with Gasteiger partial charge in [0.15, 0.2) is 0 Å². The molecule has 0 unspecified atom stereocenters. The van der Waals surface area contributed by atoms with Gasteiger partial charge >= 0.3 is 5.97 Å². The number of carboxylic acid groups (broad SMARTS) is 1. The molecule has 1 aliphatic carbocycles. The topological polar surface area (TPSA) is 60.9 Å². The lowest BCUT2D eigenvalue weighted by molar-refractivity contribution is -0.145. The monoisotopic (exact) mass is 256 g/mol. The highest BCUT2D eigenvalue weighted by Gasteiger charge is 2.30. The average Bonchev–Trinajstić information content (AvgIpc) is 2.35. The molecule has 0 radical (unpaired) electrons. The van der Waals surface area contributed by atoms with Crippen LogP contribution < -0.4 is 0 Å². The molecule has 1 aliphatic rings. The highest BCUT2D eigenvalue weighted by atomic mass is 16.4. The largest absolute Gasteiger partial charge is 0.481 e. The summed E-state index contributed by atoms with van der Waals surface area (Å²) in [5, 5.41) is 8.92. The Labute approximate surface area is 109 Å². The maximum absolute atomic E-state index is 12.1. The predicted molar refractivity (Wildman–Crippen MR) is 69.3 cm³/mol. The first-order valence-corrected chi connectivity index (χ1v) is 6.54. The molecule has 0 aromatic heterocycles. The van der Waals surface area contributed by atoms with Gasteiger partial charge in [-0.2, -0.15) is 0 Å². The Balaban J connectivity index is 2.37. The summed E-state index contributed by atoms with van der Waals surface area (Å²) in [5.41, 5.74) is 0. The lowest BCUT2D eigenvalue weighted by Crippen LogP contribution is -2.39. The summed E-state index contributed by atoms with van der Waals surface area (Å²) in [6.07, 6.45) is 2.69. The van der Waals surface area contributed by atoms with Crippen LogP contribution in [0.2, 0.25) is 0 Å². The number of rotatable bonds is 5. The van der Waals surface area contributed by atoms with Crippen molar-refractivity contribution in [1.29, 1.82) is 0 Å². The summed E-state index contributed by atoms with van der Waals surface area (Å²) >= 11 is 0. The Bertz CT molecular complexity index is 297. The van der Waals surface area contributed by atoms with Gasteiger partial charge in [0.05, 0.1) is 5.92 Å². The van der Waals surface area contributed by atoms with Crippen LogP contribution in [0, 0.1) is 11.8 Å². The first kappa shape index (κ1) is 15.0. The molecule has 5 heteroatoms. The molecule has 18 heavy (non-hydrogen) atoms. The lowest BCUT2D eigenvalue weighted by Gasteiger charge is -2.29. The van der Waals surface area contributed by atoms with E-state index in [2.05, 4.69) is 0 Å². The van der Waals surface area contributed by atoms with Crippen LogP contribution in [0.4, 0.5) is 0 Å².